The van der Waals surface area contributed by atoms with Gasteiger partial charge in [-0.15, -0.1) is 0 Å². The van der Waals surface area contributed by atoms with Gasteiger partial charge in [-0.1, -0.05) is 12.1 Å². The van der Waals surface area contributed by atoms with E-state index >= 15 is 0 Å². The van der Waals surface area contributed by atoms with Gasteiger partial charge in [0.15, 0.2) is 0 Å². The summed E-state index contributed by atoms with van der Waals surface area (Å²) in [7, 11) is 0. The lowest BCUT2D eigenvalue weighted by Crippen LogP contribution is -1.98. The molecule has 0 bridgehead atoms. The van der Waals surface area contributed by atoms with Gasteiger partial charge in [-0.2, -0.15) is 11.3 Å². The van der Waals surface area contributed by atoms with Crippen LogP contribution in [0.5, 0.6) is 0 Å². The first-order chi connectivity index (χ1) is 8.43. The van der Waals surface area contributed by atoms with Crippen LogP contribution < -0.4 is 5.32 Å². The molecule has 84 valence electrons. The third-order valence-electron chi connectivity index (χ3n) is 2.75. The second-order valence-electron chi connectivity index (χ2n) is 3.89. The highest BCUT2D eigenvalue weighted by Crippen LogP contribution is 2.22. The van der Waals surface area contributed by atoms with Crippen LogP contribution in [0.15, 0.2) is 53.5 Å². The number of thiophene rings is 1. The van der Waals surface area contributed by atoms with Crippen molar-refractivity contribution < 1.29 is 0 Å². The van der Waals surface area contributed by atoms with Gasteiger partial charge in [0, 0.05) is 30.0 Å². The maximum absolute atomic E-state index is 4.18. The van der Waals surface area contributed by atoms with Gasteiger partial charge in [0.25, 0.3) is 0 Å². The summed E-state index contributed by atoms with van der Waals surface area (Å²) in [6.07, 6.45) is 3.73. The third-order valence-corrected chi connectivity index (χ3v) is 3.48. The van der Waals surface area contributed by atoms with Crippen LogP contribution in [0.25, 0.3) is 10.8 Å². The van der Waals surface area contributed by atoms with Crippen molar-refractivity contribution in [2.24, 2.45) is 0 Å². The van der Waals surface area contributed by atoms with Crippen LogP contribution in [0.4, 0.5) is 5.69 Å². The molecule has 3 aromatic rings. The molecule has 0 radical (unpaired) electrons. The lowest BCUT2D eigenvalue weighted by atomic mass is 10.1. The molecule has 0 aliphatic heterocycles. The molecule has 2 aromatic heterocycles. The van der Waals surface area contributed by atoms with Crippen LogP contribution in [0, 0.1) is 0 Å². The number of benzene rings is 1. The van der Waals surface area contributed by atoms with Crippen molar-refractivity contribution in [3.63, 3.8) is 0 Å². The summed E-state index contributed by atoms with van der Waals surface area (Å²) in [5, 5.41) is 10.1. The summed E-state index contributed by atoms with van der Waals surface area (Å²) in [4.78, 5) is 4.18. The molecule has 17 heavy (non-hydrogen) atoms. The first kappa shape index (κ1) is 10.3. The minimum Gasteiger partial charge on any atom is -0.380 e. The second kappa shape index (κ2) is 4.55. The molecule has 0 saturated carbocycles. The first-order valence-corrected chi connectivity index (χ1v) is 6.45. The zero-order chi connectivity index (χ0) is 11.5. The Labute approximate surface area is 104 Å². The summed E-state index contributed by atoms with van der Waals surface area (Å²) < 4.78 is 0. The number of pyridine rings is 1. The fourth-order valence-corrected chi connectivity index (χ4v) is 2.53. The van der Waals surface area contributed by atoms with Crippen molar-refractivity contribution in [3.8, 4) is 0 Å². The van der Waals surface area contributed by atoms with Gasteiger partial charge in [-0.05, 0) is 39.9 Å². The summed E-state index contributed by atoms with van der Waals surface area (Å²) >= 11 is 1.73. The quantitative estimate of drug-likeness (QED) is 0.750. The van der Waals surface area contributed by atoms with E-state index in [4.69, 9.17) is 0 Å². The molecule has 1 N–H and O–H groups in total. The zero-order valence-electron chi connectivity index (χ0n) is 9.26. The number of fused-ring (bicyclic) bond motifs is 1. The van der Waals surface area contributed by atoms with E-state index in [2.05, 4.69) is 45.3 Å². The molecule has 0 amide bonds. The minimum absolute atomic E-state index is 0.859. The molecule has 0 aliphatic carbocycles. The predicted molar refractivity (Wildman–Crippen MR) is 73.4 cm³/mol. The monoisotopic (exact) mass is 240 g/mol. The topological polar surface area (TPSA) is 24.9 Å². The highest BCUT2D eigenvalue weighted by atomic mass is 32.1. The SMILES string of the molecule is c1cc(NCc2ccsc2)c2cnccc2c1. The molecular weight excluding hydrogens is 228 g/mol. The maximum atomic E-state index is 4.18. The number of rotatable bonds is 3. The Morgan fingerprint density at radius 1 is 1.18 bits per heavy atom. The van der Waals surface area contributed by atoms with Gasteiger partial charge in [-0.3, -0.25) is 4.98 Å². The smallest absolute Gasteiger partial charge is 0.0438 e. The van der Waals surface area contributed by atoms with Crippen LogP contribution in [0.2, 0.25) is 0 Å². The number of anilines is 1. The van der Waals surface area contributed by atoms with E-state index < -0.39 is 0 Å². The number of hydrogen-bond donors (Lipinski definition) is 1. The third kappa shape index (κ3) is 2.15. The number of nitrogens with one attached hydrogen (secondary N) is 1. The van der Waals surface area contributed by atoms with E-state index in [1.807, 2.05) is 18.5 Å². The van der Waals surface area contributed by atoms with Crippen molar-refractivity contribution in [1.82, 2.24) is 4.98 Å². The molecule has 0 spiro atoms. The Bertz CT molecular complexity index is 612. The van der Waals surface area contributed by atoms with Gasteiger partial charge < -0.3 is 5.32 Å². The number of nitrogens with zero attached hydrogens (tertiary/aromatic N) is 1. The summed E-state index contributed by atoms with van der Waals surface area (Å²) in [6.45, 7) is 0.859. The van der Waals surface area contributed by atoms with Crippen LogP contribution in [-0.2, 0) is 6.54 Å². The molecule has 1 aromatic carbocycles. The van der Waals surface area contributed by atoms with Gasteiger partial charge >= 0.3 is 0 Å². The molecular formula is C14H12N2S. The Morgan fingerprint density at radius 2 is 2.18 bits per heavy atom. The molecule has 0 aliphatic rings. The van der Waals surface area contributed by atoms with E-state index in [0.29, 0.717) is 0 Å². The lowest BCUT2D eigenvalue weighted by Gasteiger charge is -2.08. The van der Waals surface area contributed by atoms with Crippen LogP contribution in [0.3, 0.4) is 0 Å². The molecule has 2 heterocycles. The fraction of sp³-hybridized carbons (Fsp3) is 0.0714. The highest BCUT2D eigenvalue weighted by molar-refractivity contribution is 7.07. The number of hydrogen-bond acceptors (Lipinski definition) is 3. The van der Waals surface area contributed by atoms with E-state index in [-0.39, 0.29) is 0 Å². The van der Waals surface area contributed by atoms with Crippen molar-refractivity contribution in [2.45, 2.75) is 6.54 Å². The van der Waals surface area contributed by atoms with Gasteiger partial charge in [-0.25, -0.2) is 0 Å². The molecule has 0 unspecified atom stereocenters. The van der Waals surface area contributed by atoms with Crippen molar-refractivity contribution in [3.05, 3.63) is 59.0 Å². The molecule has 0 atom stereocenters. The van der Waals surface area contributed by atoms with Crippen LogP contribution in [-0.4, -0.2) is 4.98 Å². The Hall–Kier alpha value is -1.87. The molecule has 3 rings (SSSR count). The van der Waals surface area contributed by atoms with Crippen LogP contribution in [0.1, 0.15) is 5.56 Å². The second-order valence-corrected chi connectivity index (χ2v) is 4.67. The Kier molecular flexibility index (Phi) is 2.76. The van der Waals surface area contributed by atoms with Gasteiger partial charge in [0.05, 0.1) is 0 Å². The average Bonchev–Trinajstić information content (AvgIpc) is 2.89. The molecule has 0 saturated heterocycles. The highest BCUT2D eigenvalue weighted by Gasteiger charge is 2.00. The van der Waals surface area contributed by atoms with E-state index in [0.717, 1.165) is 12.2 Å². The van der Waals surface area contributed by atoms with E-state index in [1.165, 1.54) is 16.3 Å². The minimum atomic E-state index is 0.859. The standard InChI is InChI=1S/C14H12N2S/c1-2-12-4-6-15-9-13(12)14(3-1)16-8-11-5-7-17-10-11/h1-7,9-10,16H,8H2. The predicted octanol–water partition coefficient (Wildman–Crippen LogP) is 3.91. The largest absolute Gasteiger partial charge is 0.380 e. The van der Waals surface area contributed by atoms with Crippen LogP contribution >= 0.6 is 11.3 Å². The average molecular weight is 240 g/mol. The van der Waals surface area contributed by atoms with Gasteiger partial charge in [0.2, 0.25) is 0 Å². The van der Waals surface area contributed by atoms with E-state index in [1.54, 1.807) is 11.3 Å². The Morgan fingerprint density at radius 3 is 3.06 bits per heavy atom. The Balaban J connectivity index is 1.90. The number of aromatic nitrogens is 1. The fourth-order valence-electron chi connectivity index (χ4n) is 1.86. The lowest BCUT2D eigenvalue weighted by molar-refractivity contribution is 1.17. The van der Waals surface area contributed by atoms with Gasteiger partial charge in [0.1, 0.15) is 0 Å². The van der Waals surface area contributed by atoms with E-state index in [9.17, 15) is 0 Å². The zero-order valence-corrected chi connectivity index (χ0v) is 10.1. The maximum Gasteiger partial charge on any atom is 0.0438 e. The van der Waals surface area contributed by atoms with Crippen molar-refractivity contribution in [2.75, 3.05) is 5.32 Å². The normalized spacial score (nSPS) is 10.6. The van der Waals surface area contributed by atoms with Crippen molar-refractivity contribution >= 4 is 27.8 Å². The summed E-state index contributed by atoms with van der Waals surface area (Å²) in [5.41, 5.74) is 2.46. The molecule has 2 nitrogen and oxygen atoms in total. The first-order valence-electron chi connectivity index (χ1n) is 5.51. The summed E-state index contributed by atoms with van der Waals surface area (Å²) in [5.74, 6) is 0. The summed E-state index contributed by atoms with van der Waals surface area (Å²) in [6, 6.07) is 10.4. The molecule has 3 heteroatoms. The van der Waals surface area contributed by atoms with Crippen molar-refractivity contribution in [1.29, 1.82) is 0 Å². The molecule has 0 fully saturated rings.